The van der Waals surface area contributed by atoms with Crippen molar-refractivity contribution in [1.82, 2.24) is 0 Å². The average molecular weight is 744 g/mol. The molecule has 0 aromatic heterocycles. The van der Waals surface area contributed by atoms with Crippen molar-refractivity contribution in [2.45, 2.75) is 80.1 Å². The van der Waals surface area contributed by atoms with Gasteiger partial charge in [0.1, 0.15) is 11.8 Å². The van der Waals surface area contributed by atoms with E-state index < -0.39 is 17.7 Å². The molecule has 1 unspecified atom stereocenters. The van der Waals surface area contributed by atoms with Crippen molar-refractivity contribution in [3.05, 3.63) is 58.7 Å². The molecule has 2 rings (SSSR count). The second-order valence-corrected chi connectivity index (χ2v) is 12.4. The SMILES string of the molecule is CCCCCCCC(C(=O)Nc1cc(/C(C)=N\N=C(N)N)cc(/C(C)=N/N=C(C)N)c1)C(=O)Nc1cc(/C(C)=N\N=C(N)N)cc(/C(C)=N/N=C(N)N)c1. The minimum atomic E-state index is -1.09. The van der Waals surface area contributed by atoms with E-state index in [-0.39, 0.29) is 30.1 Å². The number of benzene rings is 2. The Balaban J connectivity index is 2.63. The molecule has 0 saturated heterocycles. The van der Waals surface area contributed by atoms with E-state index in [1.165, 1.54) is 0 Å². The number of amides is 2. The lowest BCUT2D eigenvalue weighted by molar-refractivity contribution is -0.129. The summed E-state index contributed by atoms with van der Waals surface area (Å²) >= 11 is 0. The molecule has 16 N–H and O–H groups in total. The molecule has 0 heterocycles. The van der Waals surface area contributed by atoms with Crippen LogP contribution in [-0.4, -0.2) is 58.4 Å². The van der Waals surface area contributed by atoms with Crippen molar-refractivity contribution in [3.8, 4) is 0 Å². The number of amidine groups is 1. The fraction of sp³-hybridized carbons (Fsp3) is 0.371. The molecule has 0 saturated carbocycles. The summed E-state index contributed by atoms with van der Waals surface area (Å²) in [5.41, 5.74) is 43.4. The number of hydrogen-bond donors (Lipinski definition) is 9. The lowest BCUT2D eigenvalue weighted by Crippen LogP contribution is -2.34. The summed E-state index contributed by atoms with van der Waals surface area (Å²) < 4.78 is 0. The molecule has 19 heteroatoms. The lowest BCUT2D eigenvalue weighted by Gasteiger charge is -2.19. The molecule has 0 spiro atoms. The molecular formula is C35H53N17O2. The summed E-state index contributed by atoms with van der Waals surface area (Å²) in [7, 11) is 0. The first-order valence-corrected chi connectivity index (χ1v) is 17.2. The van der Waals surface area contributed by atoms with Gasteiger partial charge in [0.05, 0.1) is 22.8 Å². The van der Waals surface area contributed by atoms with E-state index in [2.05, 4.69) is 58.4 Å². The standard InChI is InChI=1S/C35H53N17O2/c1-7-8-9-10-11-12-30(31(53)43-28-15-24(19(2)45-49-23(6)36)13-25(16-28)20(3)46-50-33(37)38)32(54)44-29-17-26(21(4)47-51-34(39)40)14-27(18-29)22(5)48-52-35(41)42/h13-18,30H,7-12H2,1-6H3,(H2,36,49)(H,43,53)(H,44,54)(H4,37,38,50)(H4,39,40,51)(H4,41,42,52)/b45-19+,46-20-,47-21-,48-22+. The summed E-state index contributed by atoms with van der Waals surface area (Å²) in [5.74, 6) is -2.56. The Morgan fingerprint density at radius 3 is 1.15 bits per heavy atom. The van der Waals surface area contributed by atoms with Gasteiger partial charge in [-0.25, -0.2) is 0 Å². The van der Waals surface area contributed by atoms with Crippen LogP contribution >= 0.6 is 0 Å². The number of hydrogen-bond acceptors (Lipinski definition) is 10. The van der Waals surface area contributed by atoms with Crippen LogP contribution in [0.5, 0.6) is 0 Å². The molecule has 2 aromatic rings. The first-order valence-electron chi connectivity index (χ1n) is 17.2. The molecule has 0 aliphatic heterocycles. The summed E-state index contributed by atoms with van der Waals surface area (Å²) in [6.07, 6.45) is 4.84. The maximum Gasteiger partial charge on any atom is 0.236 e. The smallest absolute Gasteiger partial charge is 0.236 e. The van der Waals surface area contributed by atoms with Gasteiger partial charge in [-0.2, -0.15) is 20.4 Å². The number of unbranched alkanes of at least 4 members (excludes halogenated alkanes) is 4. The molecule has 54 heavy (non-hydrogen) atoms. The van der Waals surface area contributed by atoms with Crippen molar-refractivity contribution < 1.29 is 9.59 Å². The Bertz CT molecular complexity index is 1650. The van der Waals surface area contributed by atoms with E-state index in [1.54, 1.807) is 71.0 Å². The maximum absolute atomic E-state index is 14.1. The van der Waals surface area contributed by atoms with Gasteiger partial charge in [0.15, 0.2) is 0 Å². The maximum atomic E-state index is 14.1. The number of anilines is 2. The monoisotopic (exact) mass is 743 g/mol. The van der Waals surface area contributed by atoms with Crippen LogP contribution in [-0.2, 0) is 9.59 Å². The number of carbonyl (C=O) groups is 2. The predicted molar refractivity (Wildman–Crippen MR) is 221 cm³/mol. The zero-order valence-corrected chi connectivity index (χ0v) is 31.7. The highest BCUT2D eigenvalue weighted by molar-refractivity contribution is 6.13. The summed E-state index contributed by atoms with van der Waals surface area (Å²) in [6.45, 7) is 10.5. The average Bonchev–Trinajstić information content (AvgIpc) is 3.11. The fourth-order valence-electron chi connectivity index (χ4n) is 4.81. The molecule has 0 radical (unpaired) electrons. The number of nitrogens with zero attached hydrogens (tertiary/aromatic N) is 8. The van der Waals surface area contributed by atoms with Gasteiger partial charge in [-0.15, -0.1) is 20.4 Å². The predicted octanol–water partition coefficient (Wildman–Crippen LogP) is 2.33. The molecule has 2 amide bonds. The molecule has 290 valence electrons. The third-order valence-corrected chi connectivity index (χ3v) is 7.61. The Morgan fingerprint density at radius 2 is 0.833 bits per heavy atom. The minimum Gasteiger partial charge on any atom is -0.386 e. The van der Waals surface area contributed by atoms with E-state index >= 15 is 0 Å². The minimum absolute atomic E-state index is 0.220. The second-order valence-electron chi connectivity index (χ2n) is 12.4. The number of rotatable bonds is 18. The molecule has 0 fully saturated rings. The van der Waals surface area contributed by atoms with Crippen LogP contribution in [0.2, 0.25) is 0 Å². The third kappa shape index (κ3) is 15.3. The van der Waals surface area contributed by atoms with E-state index in [0.29, 0.717) is 62.9 Å². The quantitative estimate of drug-likeness (QED) is 0.0355. The third-order valence-electron chi connectivity index (χ3n) is 7.61. The van der Waals surface area contributed by atoms with Crippen LogP contribution in [0.25, 0.3) is 0 Å². The Morgan fingerprint density at radius 1 is 0.500 bits per heavy atom. The number of nitrogens with one attached hydrogen (secondary N) is 2. The number of nitrogens with two attached hydrogens (primary N) is 7. The Labute approximate surface area is 315 Å². The van der Waals surface area contributed by atoms with Gasteiger partial charge in [0.25, 0.3) is 0 Å². The fourth-order valence-corrected chi connectivity index (χ4v) is 4.81. The van der Waals surface area contributed by atoms with Crippen molar-refractivity contribution in [1.29, 1.82) is 0 Å². The lowest BCUT2D eigenvalue weighted by atomic mass is 9.97. The molecule has 19 nitrogen and oxygen atoms in total. The van der Waals surface area contributed by atoms with Gasteiger partial charge in [-0.05, 0) is 77.4 Å². The molecule has 0 aliphatic carbocycles. The van der Waals surface area contributed by atoms with Crippen LogP contribution in [0.15, 0.2) is 77.2 Å². The zero-order valence-electron chi connectivity index (χ0n) is 31.7. The highest BCUT2D eigenvalue weighted by Crippen LogP contribution is 2.23. The van der Waals surface area contributed by atoms with Gasteiger partial charge in [-0.1, -0.05) is 39.0 Å². The van der Waals surface area contributed by atoms with Crippen LogP contribution in [0.1, 0.15) is 102 Å². The van der Waals surface area contributed by atoms with E-state index in [0.717, 1.165) is 25.7 Å². The van der Waals surface area contributed by atoms with Gasteiger partial charge in [-0.3, -0.25) is 9.59 Å². The molecule has 0 aliphatic rings. The molecule has 1 atom stereocenters. The second kappa shape index (κ2) is 21.6. The Kier molecular flexibility index (Phi) is 17.4. The van der Waals surface area contributed by atoms with Gasteiger partial charge < -0.3 is 50.8 Å². The summed E-state index contributed by atoms with van der Waals surface area (Å²) in [5, 5.41) is 37.4. The summed E-state index contributed by atoms with van der Waals surface area (Å²) in [4.78, 5) is 28.1. The normalized spacial score (nSPS) is 13.1. The first kappa shape index (κ1) is 43.5. The van der Waals surface area contributed by atoms with Crippen LogP contribution in [0.4, 0.5) is 11.4 Å². The van der Waals surface area contributed by atoms with Crippen LogP contribution in [0.3, 0.4) is 0 Å². The largest absolute Gasteiger partial charge is 0.386 e. The highest BCUT2D eigenvalue weighted by Gasteiger charge is 2.27. The van der Waals surface area contributed by atoms with Gasteiger partial charge >= 0.3 is 0 Å². The highest BCUT2D eigenvalue weighted by atomic mass is 16.2. The molecular weight excluding hydrogens is 691 g/mol. The topological polar surface area (TPSA) is 339 Å². The molecule has 0 bridgehead atoms. The van der Waals surface area contributed by atoms with Gasteiger partial charge in [0, 0.05) is 33.6 Å². The van der Waals surface area contributed by atoms with Crippen LogP contribution < -0.4 is 50.8 Å². The zero-order chi connectivity index (χ0) is 40.4. The van der Waals surface area contributed by atoms with Gasteiger partial charge in [0.2, 0.25) is 29.7 Å². The van der Waals surface area contributed by atoms with Crippen molar-refractivity contribution in [3.63, 3.8) is 0 Å². The number of carbonyl (C=O) groups excluding carboxylic acids is 2. The van der Waals surface area contributed by atoms with E-state index in [4.69, 9.17) is 40.1 Å². The Hall–Kier alpha value is -6.66. The van der Waals surface area contributed by atoms with Crippen LogP contribution in [0, 0.1) is 5.92 Å². The van der Waals surface area contributed by atoms with Crippen molar-refractivity contribution >= 4 is 69.8 Å². The summed E-state index contributed by atoms with van der Waals surface area (Å²) in [6, 6.07) is 10.3. The first-order chi connectivity index (χ1) is 25.5. The molecule has 2 aromatic carbocycles. The van der Waals surface area contributed by atoms with E-state index in [1.807, 2.05) is 0 Å². The van der Waals surface area contributed by atoms with Crippen molar-refractivity contribution in [2.24, 2.45) is 86.9 Å². The van der Waals surface area contributed by atoms with Crippen molar-refractivity contribution in [2.75, 3.05) is 10.6 Å². The van der Waals surface area contributed by atoms with E-state index in [9.17, 15) is 9.59 Å². The number of guanidine groups is 3.